The van der Waals surface area contributed by atoms with Crippen molar-refractivity contribution in [3.8, 4) is 5.75 Å². The Kier molecular flexibility index (Phi) is 9.03. The van der Waals surface area contributed by atoms with E-state index in [-0.39, 0.29) is 28.1 Å². The summed E-state index contributed by atoms with van der Waals surface area (Å²) in [5.74, 6) is -0.741. The quantitative estimate of drug-likeness (QED) is 0.202. The fourth-order valence-corrected chi connectivity index (χ4v) is 5.89. The molecule has 43 heavy (non-hydrogen) atoms. The molecule has 13 heteroatoms. The van der Waals surface area contributed by atoms with Crippen molar-refractivity contribution in [3.05, 3.63) is 129 Å². The molecule has 3 aromatic carbocycles. The third-order valence-electron chi connectivity index (χ3n) is 6.33. The summed E-state index contributed by atoms with van der Waals surface area (Å²) in [4.78, 5) is 30.2. The number of benzene rings is 3. The molecule has 4 aromatic rings. The number of nitrogens with zero attached hydrogens (tertiary/aromatic N) is 2. The highest BCUT2D eigenvalue weighted by molar-refractivity contribution is 7.07. The fraction of sp³-hybridized carbons (Fsp3) is 0.167. The second-order valence-electron chi connectivity index (χ2n) is 9.22. The van der Waals surface area contributed by atoms with Gasteiger partial charge in [0.25, 0.3) is 5.56 Å². The zero-order valence-corrected chi connectivity index (χ0v) is 25.2. The van der Waals surface area contributed by atoms with Gasteiger partial charge in [-0.25, -0.2) is 9.79 Å². The topological polar surface area (TPSA) is 69.9 Å². The first kappa shape index (κ1) is 30.9. The largest absolute Gasteiger partial charge is 0.489 e. The minimum absolute atomic E-state index is 0.103. The zero-order chi connectivity index (χ0) is 30.9. The van der Waals surface area contributed by atoms with E-state index in [1.807, 2.05) is 0 Å². The van der Waals surface area contributed by atoms with Gasteiger partial charge < -0.3 is 9.47 Å². The monoisotopic (exact) mass is 666 g/mol. The average Bonchev–Trinajstić information content (AvgIpc) is 3.27. The van der Waals surface area contributed by atoms with Gasteiger partial charge in [0.2, 0.25) is 0 Å². The lowest BCUT2D eigenvalue weighted by atomic mass is 9.95. The van der Waals surface area contributed by atoms with Crippen LogP contribution in [0.4, 0.5) is 13.2 Å². The summed E-state index contributed by atoms with van der Waals surface area (Å²) in [5.41, 5.74) is -1.26. The van der Waals surface area contributed by atoms with Crippen LogP contribution in [0.15, 0.2) is 87.8 Å². The van der Waals surface area contributed by atoms with E-state index in [1.54, 1.807) is 42.5 Å². The van der Waals surface area contributed by atoms with E-state index in [0.717, 1.165) is 21.5 Å². The molecule has 1 aliphatic heterocycles. The Bertz CT molecular complexity index is 1920. The van der Waals surface area contributed by atoms with Gasteiger partial charge in [0.15, 0.2) is 10.5 Å². The number of rotatable bonds is 7. The number of allylic oxidation sites excluding steroid dienone is 1. The molecule has 0 bridgehead atoms. The highest BCUT2D eigenvalue weighted by atomic mass is 35.5. The molecule has 0 saturated heterocycles. The van der Waals surface area contributed by atoms with E-state index >= 15 is 0 Å². The van der Waals surface area contributed by atoms with Gasteiger partial charge >= 0.3 is 12.1 Å². The molecule has 1 aromatic heterocycles. The Hall–Kier alpha value is -3.57. The molecule has 0 spiro atoms. The van der Waals surface area contributed by atoms with Crippen LogP contribution in [-0.2, 0) is 16.1 Å². The van der Waals surface area contributed by atoms with E-state index in [4.69, 9.17) is 44.3 Å². The minimum Gasteiger partial charge on any atom is -0.489 e. The summed E-state index contributed by atoms with van der Waals surface area (Å²) < 4.78 is 54.9. The molecule has 6 nitrogen and oxygen atoms in total. The van der Waals surface area contributed by atoms with Gasteiger partial charge in [-0.1, -0.05) is 76.5 Å². The average molecular weight is 668 g/mol. The number of thiazole rings is 1. The third-order valence-corrected chi connectivity index (χ3v) is 8.30. The molecule has 0 saturated carbocycles. The van der Waals surface area contributed by atoms with Crippen molar-refractivity contribution in [2.24, 2.45) is 4.99 Å². The number of hydrogen-bond donors (Lipinski definition) is 0. The minimum atomic E-state index is -5.00. The summed E-state index contributed by atoms with van der Waals surface area (Å²) in [5, 5.41) is 1.14. The van der Waals surface area contributed by atoms with Crippen LogP contribution in [0.1, 0.15) is 29.7 Å². The van der Waals surface area contributed by atoms with E-state index in [1.165, 1.54) is 37.3 Å². The number of ether oxygens (including phenoxy) is 2. The maximum atomic E-state index is 14.3. The molecule has 1 aliphatic rings. The second-order valence-corrected chi connectivity index (χ2v) is 11.5. The van der Waals surface area contributed by atoms with Crippen molar-refractivity contribution in [1.82, 2.24) is 4.57 Å². The number of alkyl halides is 3. The van der Waals surface area contributed by atoms with E-state index in [0.29, 0.717) is 26.4 Å². The van der Waals surface area contributed by atoms with Gasteiger partial charge in [0.1, 0.15) is 12.4 Å². The van der Waals surface area contributed by atoms with Crippen molar-refractivity contribution in [3.63, 3.8) is 0 Å². The Morgan fingerprint density at radius 1 is 1.05 bits per heavy atom. The number of esters is 1. The highest BCUT2D eigenvalue weighted by Gasteiger charge is 2.45. The van der Waals surface area contributed by atoms with Crippen LogP contribution < -0.4 is 19.6 Å². The van der Waals surface area contributed by atoms with E-state index in [9.17, 15) is 22.8 Å². The Morgan fingerprint density at radius 3 is 2.47 bits per heavy atom. The van der Waals surface area contributed by atoms with Crippen LogP contribution in [0.5, 0.6) is 5.75 Å². The van der Waals surface area contributed by atoms with Crippen molar-refractivity contribution < 1.29 is 27.4 Å². The smallest absolute Gasteiger partial charge is 0.434 e. The summed E-state index contributed by atoms with van der Waals surface area (Å²) in [6.45, 7) is 1.50. The first-order valence-corrected chi connectivity index (χ1v) is 14.6. The summed E-state index contributed by atoms with van der Waals surface area (Å²) >= 11 is 18.8. The first-order valence-electron chi connectivity index (χ1n) is 12.7. The van der Waals surface area contributed by atoms with Crippen molar-refractivity contribution in [2.75, 3.05) is 6.61 Å². The molecule has 0 fully saturated rings. The maximum absolute atomic E-state index is 14.3. The molecule has 0 N–H and O–H groups in total. The molecule has 1 atom stereocenters. The summed E-state index contributed by atoms with van der Waals surface area (Å²) in [7, 11) is 0. The molecule has 2 heterocycles. The first-order chi connectivity index (χ1) is 20.5. The van der Waals surface area contributed by atoms with E-state index in [2.05, 4.69) is 4.99 Å². The molecule has 5 rings (SSSR count). The van der Waals surface area contributed by atoms with E-state index < -0.39 is 35.0 Å². The summed E-state index contributed by atoms with van der Waals surface area (Å²) in [6, 6.07) is 16.3. The Labute approximate surface area is 261 Å². The number of fused-ring (bicyclic) bond motifs is 1. The van der Waals surface area contributed by atoms with Crippen LogP contribution in [0.2, 0.25) is 15.1 Å². The van der Waals surface area contributed by atoms with Crippen LogP contribution in [-0.4, -0.2) is 23.3 Å². The molecule has 222 valence electrons. The molecule has 0 radical (unpaired) electrons. The van der Waals surface area contributed by atoms with Gasteiger partial charge in [0, 0.05) is 5.02 Å². The second kappa shape index (κ2) is 12.6. The van der Waals surface area contributed by atoms with Gasteiger partial charge in [-0.05, 0) is 66.1 Å². The van der Waals surface area contributed by atoms with Gasteiger partial charge in [-0.15, -0.1) is 0 Å². The SMILES string of the molecule is CCOC(=O)C1=C(C(F)(F)F)N=c2s/c(=C/c3cccc(OCc4ccc(Cl)c(Cl)c4)c3)c(=O)n2[C@H]1c1ccc(Cl)cc1. The van der Waals surface area contributed by atoms with Crippen LogP contribution in [0.25, 0.3) is 6.08 Å². The predicted molar refractivity (Wildman–Crippen MR) is 159 cm³/mol. The highest BCUT2D eigenvalue weighted by Crippen LogP contribution is 2.38. The van der Waals surface area contributed by atoms with Crippen molar-refractivity contribution in [2.45, 2.75) is 25.7 Å². The number of hydrogen-bond acceptors (Lipinski definition) is 6. The summed E-state index contributed by atoms with van der Waals surface area (Å²) in [6.07, 6.45) is -3.47. The fourth-order valence-electron chi connectivity index (χ4n) is 4.44. The van der Waals surface area contributed by atoms with Crippen LogP contribution in [0.3, 0.4) is 0 Å². The lowest BCUT2D eigenvalue weighted by molar-refractivity contribution is -0.140. The standard InChI is InChI=1S/C30H20Cl3F3N2O4S/c1-2-41-28(40)24-25(18-7-9-19(31)10-8-18)38-27(39)23(43-29(38)37-26(24)30(34,35)36)14-16-4-3-5-20(12-16)42-15-17-6-11-21(32)22(33)13-17/h3-14,25H,2,15H2,1H3/b23-14+/t25-/m0/s1. The Morgan fingerprint density at radius 2 is 1.79 bits per heavy atom. The number of carbonyl (C=O) groups excluding carboxylic acids is 1. The lowest BCUT2D eigenvalue weighted by Gasteiger charge is -2.26. The normalized spacial score (nSPS) is 15.2. The number of halogens is 6. The molecule has 0 aliphatic carbocycles. The van der Waals surface area contributed by atoms with Gasteiger partial charge in [-0.2, -0.15) is 13.2 Å². The molecule has 0 unspecified atom stereocenters. The number of carbonyl (C=O) groups is 1. The zero-order valence-electron chi connectivity index (χ0n) is 22.1. The van der Waals surface area contributed by atoms with Gasteiger partial charge in [-0.3, -0.25) is 9.36 Å². The predicted octanol–water partition coefficient (Wildman–Crippen LogP) is 6.88. The Balaban J connectivity index is 1.60. The molecular weight excluding hydrogens is 648 g/mol. The van der Waals surface area contributed by atoms with Crippen LogP contribution >= 0.6 is 46.1 Å². The van der Waals surface area contributed by atoms with Crippen LogP contribution in [0, 0.1) is 0 Å². The van der Waals surface area contributed by atoms with Gasteiger partial charge in [0.05, 0.1) is 32.8 Å². The molecular formula is C30H20Cl3F3N2O4S. The molecule has 0 amide bonds. The number of aromatic nitrogens is 1. The van der Waals surface area contributed by atoms with Crippen molar-refractivity contribution >= 4 is 58.2 Å². The third kappa shape index (κ3) is 6.67. The maximum Gasteiger partial charge on any atom is 0.434 e. The lowest BCUT2D eigenvalue weighted by Crippen LogP contribution is -2.41. The van der Waals surface area contributed by atoms with Crippen molar-refractivity contribution in [1.29, 1.82) is 0 Å².